The van der Waals surface area contributed by atoms with Crippen molar-refractivity contribution in [3.8, 4) is 22.7 Å². The molecule has 4 rings (SSSR count). The lowest BCUT2D eigenvalue weighted by atomic mass is 10.1. The van der Waals surface area contributed by atoms with E-state index in [0.29, 0.717) is 35.9 Å². The first-order valence-corrected chi connectivity index (χ1v) is 12.1. The Kier molecular flexibility index (Phi) is 7.41. The van der Waals surface area contributed by atoms with Crippen molar-refractivity contribution >= 4 is 28.2 Å². The maximum Gasteiger partial charge on any atom is 0.226 e. The maximum atomic E-state index is 13.3. The molecule has 1 amide bonds. The van der Waals surface area contributed by atoms with E-state index in [9.17, 15) is 14.0 Å². The third-order valence-corrected chi connectivity index (χ3v) is 6.38. The number of thiazole rings is 1. The number of ether oxygens (including phenoxy) is 1. The predicted octanol–water partition coefficient (Wildman–Crippen LogP) is 6.36. The lowest BCUT2D eigenvalue weighted by Gasteiger charge is -2.09. The fraction of sp³-hybridized carbons (Fsp3) is 0.222. The molecule has 0 atom stereocenters. The van der Waals surface area contributed by atoms with Gasteiger partial charge in [0.15, 0.2) is 10.9 Å². The Morgan fingerprint density at radius 2 is 1.80 bits per heavy atom. The number of aromatic nitrogens is 2. The molecular weight excluding hydrogens is 465 g/mol. The van der Waals surface area contributed by atoms with E-state index in [1.54, 1.807) is 36.4 Å². The number of nitrogens with zero attached hydrogens (tertiary/aromatic N) is 2. The number of carbonyl (C=O) groups excluding carboxylic acids is 2. The van der Waals surface area contributed by atoms with Gasteiger partial charge in [0.2, 0.25) is 5.91 Å². The van der Waals surface area contributed by atoms with Crippen molar-refractivity contribution in [2.45, 2.75) is 33.6 Å². The summed E-state index contributed by atoms with van der Waals surface area (Å²) >= 11 is 1.37. The first-order valence-electron chi connectivity index (χ1n) is 11.3. The highest BCUT2D eigenvalue weighted by Gasteiger charge is 2.16. The summed E-state index contributed by atoms with van der Waals surface area (Å²) in [5.74, 6) is 0.275. The van der Waals surface area contributed by atoms with Gasteiger partial charge in [-0.1, -0.05) is 0 Å². The molecule has 2 aromatic carbocycles. The number of amides is 1. The summed E-state index contributed by atoms with van der Waals surface area (Å²) < 4.78 is 21.0. The normalized spacial score (nSPS) is 10.9. The zero-order valence-corrected chi connectivity index (χ0v) is 20.6. The molecule has 0 fully saturated rings. The Morgan fingerprint density at radius 3 is 2.49 bits per heavy atom. The first-order chi connectivity index (χ1) is 16.8. The third-order valence-electron chi connectivity index (χ3n) is 5.62. The third kappa shape index (κ3) is 5.84. The number of carbonyl (C=O) groups is 2. The highest BCUT2D eigenvalue weighted by atomic mass is 32.1. The fourth-order valence-corrected chi connectivity index (χ4v) is 4.58. The van der Waals surface area contributed by atoms with Crippen molar-refractivity contribution < 1.29 is 18.7 Å². The number of nitrogens with one attached hydrogen (secondary N) is 1. The van der Waals surface area contributed by atoms with Crippen LogP contribution in [0.2, 0.25) is 0 Å². The average molecular weight is 492 g/mol. The topological polar surface area (TPSA) is 73.2 Å². The van der Waals surface area contributed by atoms with E-state index in [1.807, 2.05) is 25.3 Å². The highest BCUT2D eigenvalue weighted by Crippen LogP contribution is 2.31. The van der Waals surface area contributed by atoms with Gasteiger partial charge < -0.3 is 14.6 Å². The molecule has 4 aromatic rings. The van der Waals surface area contributed by atoms with Gasteiger partial charge in [-0.2, -0.15) is 0 Å². The number of aryl methyl sites for hydroxylation is 1. The molecule has 180 valence electrons. The molecule has 6 nitrogen and oxygen atoms in total. The lowest BCUT2D eigenvalue weighted by Crippen LogP contribution is -2.12. The van der Waals surface area contributed by atoms with Crippen molar-refractivity contribution in [2.24, 2.45) is 0 Å². The zero-order chi connectivity index (χ0) is 24.9. The number of rotatable bonds is 9. The molecule has 0 aliphatic carbocycles. The molecule has 2 heterocycles. The quantitative estimate of drug-likeness (QED) is 0.218. The summed E-state index contributed by atoms with van der Waals surface area (Å²) in [6.07, 6.45) is 0.858. The number of benzene rings is 2. The average Bonchev–Trinajstić information content (AvgIpc) is 3.41. The van der Waals surface area contributed by atoms with E-state index in [1.165, 1.54) is 30.4 Å². The van der Waals surface area contributed by atoms with Crippen LogP contribution in [0.4, 0.5) is 9.52 Å². The number of hydrogen-bond donors (Lipinski definition) is 1. The summed E-state index contributed by atoms with van der Waals surface area (Å²) in [5, 5.41) is 5.31. The van der Waals surface area contributed by atoms with Crippen LogP contribution in [0.1, 0.15) is 41.5 Å². The Hall–Kier alpha value is -3.78. The van der Waals surface area contributed by atoms with Crippen LogP contribution >= 0.6 is 11.3 Å². The lowest BCUT2D eigenvalue weighted by molar-refractivity contribution is -0.116. The van der Waals surface area contributed by atoms with E-state index in [-0.39, 0.29) is 17.5 Å². The van der Waals surface area contributed by atoms with Crippen LogP contribution < -0.4 is 10.1 Å². The minimum absolute atomic E-state index is 0.00862. The van der Waals surface area contributed by atoms with E-state index in [2.05, 4.69) is 14.9 Å². The summed E-state index contributed by atoms with van der Waals surface area (Å²) in [4.78, 5) is 28.3. The van der Waals surface area contributed by atoms with E-state index in [0.717, 1.165) is 28.3 Å². The number of ketones is 1. The van der Waals surface area contributed by atoms with Crippen molar-refractivity contribution in [1.29, 1.82) is 0 Å². The van der Waals surface area contributed by atoms with Gasteiger partial charge in [-0.15, -0.1) is 11.3 Å². The van der Waals surface area contributed by atoms with Crippen LogP contribution in [0.3, 0.4) is 0 Å². The van der Waals surface area contributed by atoms with E-state index in [4.69, 9.17) is 4.74 Å². The predicted molar refractivity (Wildman–Crippen MR) is 136 cm³/mol. The molecule has 0 aliphatic heterocycles. The molecule has 0 radical (unpaired) electrons. The SMILES string of the molecule is CC(=O)c1ccc(OCCCC(=O)Nc2nc(-c3cc(C)n(-c4ccc(F)cc4)c3C)cs2)cc1. The van der Waals surface area contributed by atoms with Gasteiger partial charge in [0.25, 0.3) is 0 Å². The van der Waals surface area contributed by atoms with Gasteiger partial charge in [0.1, 0.15) is 11.6 Å². The molecule has 0 bridgehead atoms. The molecule has 0 aliphatic rings. The van der Waals surface area contributed by atoms with Crippen LogP contribution in [0.5, 0.6) is 5.75 Å². The van der Waals surface area contributed by atoms with Gasteiger partial charge in [-0.05, 0) is 81.8 Å². The van der Waals surface area contributed by atoms with Crippen LogP contribution in [-0.2, 0) is 4.79 Å². The summed E-state index contributed by atoms with van der Waals surface area (Å²) in [6.45, 7) is 5.91. The van der Waals surface area contributed by atoms with Crippen LogP contribution in [0.25, 0.3) is 16.9 Å². The van der Waals surface area contributed by atoms with Gasteiger partial charge in [-0.3, -0.25) is 9.59 Å². The monoisotopic (exact) mass is 491 g/mol. The molecule has 0 unspecified atom stereocenters. The van der Waals surface area contributed by atoms with Crippen molar-refractivity contribution in [3.05, 3.63) is 82.7 Å². The van der Waals surface area contributed by atoms with Crippen LogP contribution in [-0.4, -0.2) is 27.8 Å². The Balaban J connectivity index is 1.32. The number of Topliss-reactive ketones (excluding diaryl/α,β-unsaturated/α-hetero) is 1. The smallest absolute Gasteiger partial charge is 0.226 e. The van der Waals surface area contributed by atoms with Gasteiger partial charge >= 0.3 is 0 Å². The minimum atomic E-state index is -0.272. The Bertz CT molecular complexity index is 1340. The van der Waals surface area contributed by atoms with Gasteiger partial charge in [-0.25, -0.2) is 9.37 Å². The molecule has 0 saturated carbocycles. The van der Waals surface area contributed by atoms with Crippen LogP contribution in [0.15, 0.2) is 60.0 Å². The first kappa shape index (κ1) is 24.3. The standard InChI is InChI=1S/C27H26FN3O3S/c1-17-15-24(18(2)31(17)22-10-8-21(28)9-11-22)25-16-35-27(29-25)30-26(33)5-4-14-34-23-12-6-20(7-13-23)19(3)32/h6-13,15-16H,4-5,14H2,1-3H3,(H,29,30,33). The minimum Gasteiger partial charge on any atom is -0.494 e. The van der Waals surface area contributed by atoms with Crippen LogP contribution in [0, 0.1) is 19.7 Å². The van der Waals surface area contributed by atoms with Crippen molar-refractivity contribution in [2.75, 3.05) is 11.9 Å². The van der Waals surface area contributed by atoms with Crippen molar-refractivity contribution in [3.63, 3.8) is 0 Å². The summed E-state index contributed by atoms with van der Waals surface area (Å²) in [5.41, 5.74) is 5.27. The second kappa shape index (κ2) is 10.7. The molecular formula is C27H26FN3O3S. The maximum absolute atomic E-state index is 13.3. The largest absolute Gasteiger partial charge is 0.494 e. The molecule has 0 spiro atoms. The zero-order valence-electron chi connectivity index (χ0n) is 19.8. The van der Waals surface area contributed by atoms with Gasteiger partial charge in [0, 0.05) is 40.0 Å². The summed E-state index contributed by atoms with van der Waals surface area (Å²) in [6, 6.07) is 15.4. The summed E-state index contributed by atoms with van der Waals surface area (Å²) in [7, 11) is 0. The number of hydrogen-bond acceptors (Lipinski definition) is 5. The van der Waals surface area contributed by atoms with E-state index < -0.39 is 0 Å². The molecule has 35 heavy (non-hydrogen) atoms. The molecule has 0 saturated heterocycles. The molecule has 2 aromatic heterocycles. The van der Waals surface area contributed by atoms with Gasteiger partial charge in [0.05, 0.1) is 12.3 Å². The highest BCUT2D eigenvalue weighted by molar-refractivity contribution is 7.14. The van der Waals surface area contributed by atoms with E-state index >= 15 is 0 Å². The fourth-order valence-electron chi connectivity index (χ4n) is 3.85. The number of halogens is 1. The second-order valence-electron chi connectivity index (χ2n) is 8.22. The number of anilines is 1. The second-order valence-corrected chi connectivity index (χ2v) is 9.07. The Labute approximate surface area is 207 Å². The molecule has 1 N–H and O–H groups in total. The van der Waals surface area contributed by atoms with Crippen molar-refractivity contribution in [1.82, 2.24) is 9.55 Å². The molecule has 8 heteroatoms. The Morgan fingerprint density at radius 1 is 1.09 bits per heavy atom.